The molecular formula is C16H13N5. The molecule has 21 heavy (non-hydrogen) atoms. The molecule has 1 aromatic carbocycles. The summed E-state index contributed by atoms with van der Waals surface area (Å²) in [6, 6.07) is 16.9. The number of benzene rings is 1. The molecule has 1 heterocycles. The molecule has 0 aliphatic carbocycles. The highest BCUT2D eigenvalue weighted by Crippen LogP contribution is 2.17. The second-order valence-corrected chi connectivity index (χ2v) is 4.27. The van der Waals surface area contributed by atoms with Gasteiger partial charge in [0, 0.05) is 11.9 Å². The summed E-state index contributed by atoms with van der Waals surface area (Å²) in [6.45, 7) is 0. The summed E-state index contributed by atoms with van der Waals surface area (Å²) < 4.78 is 0. The smallest absolute Gasteiger partial charge is 0.237 e. The Morgan fingerprint density at radius 3 is 2.52 bits per heavy atom. The number of para-hydroxylation sites is 1. The first-order valence-corrected chi connectivity index (χ1v) is 6.45. The second-order valence-electron chi connectivity index (χ2n) is 4.27. The van der Waals surface area contributed by atoms with Crippen LogP contribution in [0.25, 0.3) is 0 Å². The van der Waals surface area contributed by atoms with Crippen molar-refractivity contribution >= 4 is 11.4 Å². The SMILES string of the molecule is N#CC(C#N)=NNc1ccccc1CCc1ccccn1. The number of aromatic nitrogens is 1. The van der Waals surface area contributed by atoms with Crippen LogP contribution >= 0.6 is 0 Å². The van der Waals surface area contributed by atoms with Crippen molar-refractivity contribution in [2.45, 2.75) is 12.8 Å². The molecule has 0 aliphatic heterocycles. The van der Waals surface area contributed by atoms with E-state index in [1.54, 1.807) is 18.3 Å². The molecule has 2 aromatic rings. The van der Waals surface area contributed by atoms with Gasteiger partial charge in [0.1, 0.15) is 12.1 Å². The average Bonchev–Trinajstić information content (AvgIpc) is 2.56. The standard InChI is InChI=1S/C16H13N5/c17-11-15(12-18)20-21-16-7-2-1-5-13(16)8-9-14-6-3-4-10-19-14/h1-7,10,21H,8-9H2. The number of hydrogen-bond acceptors (Lipinski definition) is 5. The third-order valence-corrected chi connectivity index (χ3v) is 2.89. The molecule has 0 fully saturated rings. The van der Waals surface area contributed by atoms with Crippen LogP contribution in [0.1, 0.15) is 11.3 Å². The molecule has 1 N–H and O–H groups in total. The summed E-state index contributed by atoms with van der Waals surface area (Å²) in [5.41, 5.74) is 5.44. The van der Waals surface area contributed by atoms with Crippen molar-refractivity contribution in [1.82, 2.24) is 4.98 Å². The number of hydrogen-bond donors (Lipinski definition) is 1. The number of nitrogens with one attached hydrogen (secondary N) is 1. The van der Waals surface area contributed by atoms with Gasteiger partial charge in [-0.3, -0.25) is 10.4 Å². The molecule has 0 spiro atoms. The molecule has 0 amide bonds. The quantitative estimate of drug-likeness (QED) is 0.671. The van der Waals surface area contributed by atoms with Gasteiger partial charge in [0.25, 0.3) is 0 Å². The molecule has 0 saturated heterocycles. The van der Waals surface area contributed by atoms with E-state index in [2.05, 4.69) is 15.5 Å². The molecule has 102 valence electrons. The van der Waals surface area contributed by atoms with Crippen molar-refractivity contribution in [2.75, 3.05) is 5.43 Å². The lowest BCUT2D eigenvalue weighted by Crippen LogP contribution is -2.01. The molecule has 5 nitrogen and oxygen atoms in total. The number of aryl methyl sites for hydroxylation is 2. The molecule has 2 rings (SSSR count). The van der Waals surface area contributed by atoms with Gasteiger partial charge in [-0.1, -0.05) is 24.3 Å². The van der Waals surface area contributed by atoms with Crippen LogP contribution < -0.4 is 5.43 Å². The van der Waals surface area contributed by atoms with Crippen LogP contribution in [0.2, 0.25) is 0 Å². The summed E-state index contributed by atoms with van der Waals surface area (Å²) in [4.78, 5) is 4.29. The van der Waals surface area contributed by atoms with E-state index in [0.717, 1.165) is 29.8 Å². The first-order chi connectivity index (χ1) is 10.3. The normalized spacial score (nSPS) is 9.24. The van der Waals surface area contributed by atoms with Crippen LogP contribution in [0.15, 0.2) is 53.8 Å². The number of nitriles is 2. The summed E-state index contributed by atoms with van der Waals surface area (Å²) in [6.07, 6.45) is 3.38. The molecule has 1 aromatic heterocycles. The summed E-state index contributed by atoms with van der Waals surface area (Å²) in [7, 11) is 0. The summed E-state index contributed by atoms with van der Waals surface area (Å²) in [5, 5.41) is 21.1. The zero-order valence-electron chi connectivity index (χ0n) is 11.3. The molecule has 0 saturated carbocycles. The van der Waals surface area contributed by atoms with Gasteiger partial charge in [-0.05, 0) is 36.6 Å². The Bertz CT molecular complexity index is 691. The van der Waals surface area contributed by atoms with E-state index in [1.807, 2.05) is 42.5 Å². The van der Waals surface area contributed by atoms with Crippen molar-refractivity contribution in [3.05, 3.63) is 59.9 Å². The second kappa shape index (κ2) is 7.42. The number of nitrogens with zero attached hydrogens (tertiary/aromatic N) is 4. The molecular weight excluding hydrogens is 262 g/mol. The van der Waals surface area contributed by atoms with E-state index >= 15 is 0 Å². The highest BCUT2D eigenvalue weighted by atomic mass is 15.3. The van der Waals surface area contributed by atoms with Gasteiger partial charge < -0.3 is 0 Å². The third kappa shape index (κ3) is 4.15. The fraction of sp³-hybridized carbons (Fsp3) is 0.125. The van der Waals surface area contributed by atoms with Crippen molar-refractivity contribution in [3.63, 3.8) is 0 Å². The molecule has 0 aliphatic rings. The van der Waals surface area contributed by atoms with Gasteiger partial charge in [-0.15, -0.1) is 0 Å². The lowest BCUT2D eigenvalue weighted by Gasteiger charge is -2.08. The monoisotopic (exact) mass is 275 g/mol. The maximum atomic E-state index is 8.67. The average molecular weight is 275 g/mol. The Labute approximate surface area is 123 Å². The highest BCUT2D eigenvalue weighted by Gasteiger charge is 2.03. The van der Waals surface area contributed by atoms with E-state index in [-0.39, 0.29) is 5.71 Å². The molecule has 5 heteroatoms. The third-order valence-electron chi connectivity index (χ3n) is 2.89. The van der Waals surface area contributed by atoms with Gasteiger partial charge in [0.15, 0.2) is 0 Å². The van der Waals surface area contributed by atoms with Crippen LogP contribution in [0.3, 0.4) is 0 Å². The van der Waals surface area contributed by atoms with Crippen LogP contribution in [-0.2, 0) is 12.8 Å². The first-order valence-electron chi connectivity index (χ1n) is 6.45. The van der Waals surface area contributed by atoms with Gasteiger partial charge >= 0.3 is 0 Å². The van der Waals surface area contributed by atoms with E-state index in [1.165, 1.54) is 0 Å². The van der Waals surface area contributed by atoms with Crippen LogP contribution in [0.5, 0.6) is 0 Å². The van der Waals surface area contributed by atoms with E-state index in [9.17, 15) is 0 Å². The predicted molar refractivity (Wildman–Crippen MR) is 80.4 cm³/mol. The number of anilines is 1. The number of rotatable bonds is 5. The van der Waals surface area contributed by atoms with Crippen LogP contribution in [0, 0.1) is 22.7 Å². The lowest BCUT2D eigenvalue weighted by atomic mass is 10.1. The Morgan fingerprint density at radius 2 is 1.81 bits per heavy atom. The van der Waals surface area contributed by atoms with Crippen LogP contribution in [-0.4, -0.2) is 10.7 Å². The molecule has 0 unspecified atom stereocenters. The summed E-state index contributed by atoms with van der Waals surface area (Å²) >= 11 is 0. The first kappa shape index (κ1) is 14.2. The van der Waals surface area contributed by atoms with Crippen molar-refractivity contribution in [2.24, 2.45) is 5.10 Å². The maximum Gasteiger partial charge on any atom is 0.237 e. The largest absolute Gasteiger partial charge is 0.276 e. The Morgan fingerprint density at radius 1 is 1.05 bits per heavy atom. The fourth-order valence-electron chi connectivity index (χ4n) is 1.85. The van der Waals surface area contributed by atoms with E-state index < -0.39 is 0 Å². The van der Waals surface area contributed by atoms with Crippen molar-refractivity contribution in [3.8, 4) is 12.1 Å². The molecule has 0 radical (unpaired) electrons. The predicted octanol–water partition coefficient (Wildman–Crippen LogP) is 2.68. The van der Waals surface area contributed by atoms with Gasteiger partial charge in [-0.2, -0.15) is 15.6 Å². The van der Waals surface area contributed by atoms with E-state index in [0.29, 0.717) is 0 Å². The Hall–Kier alpha value is -3.18. The number of pyridine rings is 1. The van der Waals surface area contributed by atoms with Gasteiger partial charge in [-0.25, -0.2) is 0 Å². The Balaban J connectivity index is 2.09. The topological polar surface area (TPSA) is 84.9 Å². The zero-order valence-corrected chi connectivity index (χ0v) is 11.3. The summed E-state index contributed by atoms with van der Waals surface area (Å²) in [5.74, 6) is 0. The van der Waals surface area contributed by atoms with Gasteiger partial charge in [0.05, 0.1) is 5.69 Å². The minimum atomic E-state index is -0.200. The lowest BCUT2D eigenvalue weighted by molar-refractivity contribution is 0.913. The maximum absolute atomic E-state index is 8.67. The fourth-order valence-corrected chi connectivity index (χ4v) is 1.85. The molecule has 0 atom stereocenters. The van der Waals surface area contributed by atoms with E-state index in [4.69, 9.17) is 10.5 Å². The van der Waals surface area contributed by atoms with Gasteiger partial charge in [0.2, 0.25) is 5.71 Å². The number of hydrazone groups is 1. The van der Waals surface area contributed by atoms with Crippen LogP contribution in [0.4, 0.5) is 5.69 Å². The minimum Gasteiger partial charge on any atom is -0.276 e. The highest BCUT2D eigenvalue weighted by molar-refractivity contribution is 6.10. The Kier molecular flexibility index (Phi) is 5.03. The minimum absolute atomic E-state index is 0.200. The molecule has 0 bridgehead atoms. The van der Waals surface area contributed by atoms with Crippen molar-refractivity contribution < 1.29 is 0 Å². The van der Waals surface area contributed by atoms with Crippen molar-refractivity contribution in [1.29, 1.82) is 10.5 Å². The zero-order chi connectivity index (χ0) is 14.9.